The molecule has 0 aliphatic heterocycles. The first-order valence-corrected chi connectivity index (χ1v) is 12.6. The second-order valence-corrected chi connectivity index (χ2v) is 10.7. The van der Waals surface area contributed by atoms with Crippen LogP contribution in [0.25, 0.3) is 51.1 Å². The molecule has 2 aromatic heterocycles. The Bertz CT molecular complexity index is 1810. The van der Waals surface area contributed by atoms with Gasteiger partial charge in [-0.2, -0.15) is 0 Å². The summed E-state index contributed by atoms with van der Waals surface area (Å²) < 4.78 is 5.61. The van der Waals surface area contributed by atoms with Crippen molar-refractivity contribution in [1.82, 2.24) is 0 Å². The van der Waals surface area contributed by atoms with E-state index in [0.717, 1.165) is 6.42 Å². The molecule has 0 N–H and O–H groups in total. The fourth-order valence-electron chi connectivity index (χ4n) is 5.13. The molecule has 32 heavy (non-hydrogen) atoms. The van der Waals surface area contributed by atoms with E-state index in [0.29, 0.717) is 0 Å². The second-order valence-electron chi connectivity index (χ2n) is 8.56. The van der Waals surface area contributed by atoms with Crippen LogP contribution in [0.15, 0.2) is 91.0 Å². The molecule has 0 radical (unpaired) electrons. The molecule has 0 nitrogen and oxygen atoms in total. The minimum absolute atomic E-state index is 0.970. The number of rotatable bonds is 2. The van der Waals surface area contributed by atoms with Gasteiger partial charge in [0.05, 0.1) is 0 Å². The third kappa shape index (κ3) is 2.60. The van der Waals surface area contributed by atoms with Crippen LogP contribution >= 0.6 is 22.7 Å². The highest BCUT2D eigenvalue weighted by Gasteiger charge is 2.14. The lowest BCUT2D eigenvalue weighted by Gasteiger charge is -2.09. The van der Waals surface area contributed by atoms with Crippen molar-refractivity contribution in [1.29, 1.82) is 0 Å². The molecule has 2 heterocycles. The van der Waals surface area contributed by atoms with E-state index in [2.05, 4.69) is 97.9 Å². The SMILES string of the molecule is Cc1c(Cc2cccc3c2sc2ccc4ccccc4c23)ccc2c1sc1ccccc12. The third-order valence-corrected chi connectivity index (χ3v) is 9.31. The van der Waals surface area contributed by atoms with Gasteiger partial charge in [-0.05, 0) is 52.9 Å². The highest BCUT2D eigenvalue weighted by molar-refractivity contribution is 7.26. The fourth-order valence-corrected chi connectivity index (χ4v) is 7.58. The Morgan fingerprint density at radius 2 is 1.31 bits per heavy atom. The Morgan fingerprint density at radius 1 is 0.531 bits per heavy atom. The normalized spacial score (nSPS) is 12.0. The topological polar surface area (TPSA) is 0 Å². The summed E-state index contributed by atoms with van der Waals surface area (Å²) in [6.45, 7) is 2.30. The van der Waals surface area contributed by atoms with Crippen LogP contribution in [0.2, 0.25) is 0 Å². The average Bonchev–Trinajstić information content (AvgIpc) is 3.41. The van der Waals surface area contributed by atoms with Gasteiger partial charge in [-0.3, -0.25) is 0 Å². The summed E-state index contributed by atoms with van der Waals surface area (Å²) in [6, 6.07) is 33.6. The van der Waals surface area contributed by atoms with E-state index in [1.54, 1.807) is 0 Å². The van der Waals surface area contributed by atoms with Crippen molar-refractivity contribution < 1.29 is 0 Å². The van der Waals surface area contributed by atoms with Crippen LogP contribution in [0.4, 0.5) is 0 Å². The van der Waals surface area contributed by atoms with E-state index in [1.165, 1.54) is 67.8 Å². The minimum Gasteiger partial charge on any atom is -0.135 e. The predicted molar refractivity (Wildman–Crippen MR) is 144 cm³/mol. The van der Waals surface area contributed by atoms with Gasteiger partial charge in [0.2, 0.25) is 0 Å². The lowest BCUT2D eigenvalue weighted by atomic mass is 9.97. The standard InChI is InChI=1S/C30H20S2/c1-18-20(13-15-24-23-10-4-5-12-26(23)31-29(18)24)17-21-8-6-11-25-28-22-9-3-2-7-19(22)14-16-27(28)32-30(21)25/h2-16H,17H2,1H3. The third-order valence-electron chi connectivity index (χ3n) is 6.76. The molecule has 0 saturated carbocycles. The molecule has 0 aliphatic carbocycles. The fraction of sp³-hybridized carbons (Fsp3) is 0.0667. The van der Waals surface area contributed by atoms with Crippen molar-refractivity contribution in [2.45, 2.75) is 13.3 Å². The molecule has 0 aliphatic rings. The smallest absolute Gasteiger partial charge is 0.0391 e. The van der Waals surface area contributed by atoms with Gasteiger partial charge in [0.25, 0.3) is 0 Å². The predicted octanol–water partition coefficient (Wildman–Crippen LogP) is 9.47. The molecule has 0 bridgehead atoms. The molecule has 7 rings (SSSR count). The van der Waals surface area contributed by atoms with Crippen LogP contribution in [-0.4, -0.2) is 0 Å². The molecule has 0 atom stereocenters. The van der Waals surface area contributed by atoms with E-state index in [-0.39, 0.29) is 0 Å². The lowest BCUT2D eigenvalue weighted by molar-refractivity contribution is 1.19. The van der Waals surface area contributed by atoms with Crippen molar-refractivity contribution in [3.05, 3.63) is 108 Å². The van der Waals surface area contributed by atoms with Gasteiger partial charge in [0.1, 0.15) is 0 Å². The maximum absolute atomic E-state index is 2.35. The lowest BCUT2D eigenvalue weighted by Crippen LogP contribution is -1.92. The van der Waals surface area contributed by atoms with Gasteiger partial charge in [0.15, 0.2) is 0 Å². The highest BCUT2D eigenvalue weighted by atomic mass is 32.1. The molecule has 0 amide bonds. The summed E-state index contributed by atoms with van der Waals surface area (Å²) >= 11 is 3.86. The van der Waals surface area contributed by atoms with Gasteiger partial charge in [0, 0.05) is 40.3 Å². The second kappa shape index (κ2) is 6.90. The molecule has 0 spiro atoms. The highest BCUT2D eigenvalue weighted by Crippen LogP contribution is 2.41. The van der Waals surface area contributed by atoms with E-state index < -0.39 is 0 Å². The number of aryl methyl sites for hydroxylation is 1. The molecule has 7 aromatic rings. The zero-order valence-electron chi connectivity index (χ0n) is 17.7. The Kier molecular flexibility index (Phi) is 3.96. The van der Waals surface area contributed by atoms with Crippen LogP contribution in [0, 0.1) is 6.92 Å². The quantitative estimate of drug-likeness (QED) is 0.249. The first-order chi connectivity index (χ1) is 15.8. The summed E-state index contributed by atoms with van der Waals surface area (Å²) in [7, 11) is 0. The average molecular weight is 445 g/mol. The van der Waals surface area contributed by atoms with E-state index in [9.17, 15) is 0 Å². The number of thiophene rings is 2. The molecule has 2 heteroatoms. The van der Waals surface area contributed by atoms with Crippen molar-refractivity contribution in [2.24, 2.45) is 0 Å². The van der Waals surface area contributed by atoms with Gasteiger partial charge in [-0.25, -0.2) is 0 Å². The van der Waals surface area contributed by atoms with Crippen LogP contribution in [-0.2, 0) is 6.42 Å². The zero-order chi connectivity index (χ0) is 21.2. The van der Waals surface area contributed by atoms with Crippen molar-refractivity contribution in [3.63, 3.8) is 0 Å². The van der Waals surface area contributed by atoms with E-state index in [1.807, 2.05) is 22.7 Å². The van der Waals surface area contributed by atoms with Crippen LogP contribution < -0.4 is 0 Å². The molecule has 5 aromatic carbocycles. The van der Waals surface area contributed by atoms with Gasteiger partial charge >= 0.3 is 0 Å². The number of hydrogen-bond acceptors (Lipinski definition) is 2. The van der Waals surface area contributed by atoms with E-state index >= 15 is 0 Å². The Balaban J connectivity index is 1.43. The molecular formula is C30H20S2. The van der Waals surface area contributed by atoms with Crippen LogP contribution in [0.5, 0.6) is 0 Å². The van der Waals surface area contributed by atoms with E-state index in [4.69, 9.17) is 0 Å². The first-order valence-electron chi connectivity index (χ1n) is 11.0. The van der Waals surface area contributed by atoms with Gasteiger partial charge < -0.3 is 0 Å². The summed E-state index contributed by atoms with van der Waals surface area (Å²) in [5.74, 6) is 0. The number of benzene rings is 5. The summed E-state index contributed by atoms with van der Waals surface area (Å²) in [4.78, 5) is 0. The van der Waals surface area contributed by atoms with Crippen molar-refractivity contribution in [3.8, 4) is 0 Å². The number of fused-ring (bicyclic) bond motifs is 8. The zero-order valence-corrected chi connectivity index (χ0v) is 19.3. The van der Waals surface area contributed by atoms with Crippen LogP contribution in [0.1, 0.15) is 16.7 Å². The molecule has 0 saturated heterocycles. The summed E-state index contributed by atoms with van der Waals surface area (Å²) in [5, 5.41) is 8.23. The maximum atomic E-state index is 2.35. The molecule has 0 fully saturated rings. The van der Waals surface area contributed by atoms with Gasteiger partial charge in [-0.1, -0.05) is 78.9 Å². The van der Waals surface area contributed by atoms with Crippen LogP contribution in [0.3, 0.4) is 0 Å². The largest absolute Gasteiger partial charge is 0.135 e. The summed E-state index contributed by atoms with van der Waals surface area (Å²) in [5.41, 5.74) is 4.28. The van der Waals surface area contributed by atoms with Gasteiger partial charge in [-0.15, -0.1) is 22.7 Å². The maximum Gasteiger partial charge on any atom is 0.0391 e. The summed E-state index contributed by atoms with van der Waals surface area (Å²) in [6.07, 6.45) is 0.970. The molecular weight excluding hydrogens is 424 g/mol. The van der Waals surface area contributed by atoms with Crippen molar-refractivity contribution in [2.75, 3.05) is 0 Å². The number of hydrogen-bond donors (Lipinski definition) is 0. The minimum atomic E-state index is 0.970. The Labute approximate surface area is 194 Å². The molecule has 152 valence electrons. The molecule has 0 unspecified atom stereocenters. The van der Waals surface area contributed by atoms with Crippen molar-refractivity contribution >= 4 is 73.8 Å². The first kappa shape index (κ1) is 18.4. The Hall–Kier alpha value is -3.20. The Morgan fingerprint density at radius 3 is 2.25 bits per heavy atom. The monoisotopic (exact) mass is 444 g/mol.